The Morgan fingerprint density at radius 2 is 2.21 bits per heavy atom. The molecular formula is C9H7NO4. The number of rotatable bonds is 4. The molecule has 0 aliphatic carbocycles. The lowest BCUT2D eigenvalue weighted by molar-refractivity contribution is 0.112. The maximum atomic E-state index is 10.4. The molecule has 5 heteroatoms. The number of ether oxygens (including phenoxy) is 1. The molecule has 0 radical (unpaired) electrons. The van der Waals surface area contributed by atoms with Gasteiger partial charge in [0, 0.05) is 10.7 Å². The van der Waals surface area contributed by atoms with Crippen LogP contribution in [0, 0.1) is 0 Å². The maximum Gasteiger partial charge on any atom is 0.277 e. The molecule has 1 aromatic rings. The fourth-order valence-corrected chi connectivity index (χ4v) is 0.901. The van der Waals surface area contributed by atoms with Crippen molar-refractivity contribution in [2.24, 2.45) is 5.16 Å². The highest BCUT2D eigenvalue weighted by molar-refractivity contribution is 5.76. The average molecular weight is 193 g/mol. The SMILES string of the molecule is COc1cc(C=O)ccc1ON=C=O. The van der Waals surface area contributed by atoms with E-state index in [9.17, 15) is 9.59 Å². The first-order chi connectivity index (χ1) is 6.81. The molecule has 0 aliphatic rings. The van der Waals surface area contributed by atoms with Crippen LogP contribution in [0.15, 0.2) is 23.4 Å². The zero-order chi connectivity index (χ0) is 10.4. The molecule has 0 amide bonds. The standard InChI is InChI=1S/C9H7NO4/c1-13-9-4-7(5-11)2-3-8(9)14-10-6-12/h2-5H,1H3. The lowest BCUT2D eigenvalue weighted by atomic mass is 10.2. The minimum atomic E-state index is 0.251. The van der Waals surface area contributed by atoms with Gasteiger partial charge in [-0.25, -0.2) is 4.79 Å². The summed E-state index contributed by atoms with van der Waals surface area (Å²) in [5, 5.41) is 2.93. The van der Waals surface area contributed by atoms with E-state index >= 15 is 0 Å². The first-order valence-corrected chi connectivity index (χ1v) is 3.69. The highest BCUT2D eigenvalue weighted by Gasteiger charge is 2.05. The molecule has 0 aliphatic heterocycles. The Hall–Kier alpha value is -2.13. The van der Waals surface area contributed by atoms with Crippen LogP contribution in [0.2, 0.25) is 0 Å². The van der Waals surface area contributed by atoms with Gasteiger partial charge in [0.2, 0.25) is 5.75 Å². The third kappa shape index (κ3) is 2.18. The van der Waals surface area contributed by atoms with E-state index in [1.165, 1.54) is 31.4 Å². The molecule has 5 nitrogen and oxygen atoms in total. The molecule has 14 heavy (non-hydrogen) atoms. The summed E-state index contributed by atoms with van der Waals surface area (Å²) in [5.41, 5.74) is 0.448. The lowest BCUT2D eigenvalue weighted by Crippen LogP contribution is -1.91. The van der Waals surface area contributed by atoms with Crippen molar-refractivity contribution in [2.45, 2.75) is 0 Å². The van der Waals surface area contributed by atoms with Gasteiger partial charge in [0.25, 0.3) is 6.08 Å². The van der Waals surface area contributed by atoms with Crippen LogP contribution in [-0.4, -0.2) is 19.5 Å². The first-order valence-electron chi connectivity index (χ1n) is 3.69. The van der Waals surface area contributed by atoms with E-state index in [0.717, 1.165) is 0 Å². The molecule has 0 bridgehead atoms. The van der Waals surface area contributed by atoms with Gasteiger partial charge in [-0.3, -0.25) is 4.79 Å². The molecule has 0 fully saturated rings. The zero-order valence-corrected chi connectivity index (χ0v) is 7.39. The highest BCUT2D eigenvalue weighted by Crippen LogP contribution is 2.27. The van der Waals surface area contributed by atoms with Gasteiger partial charge in [0.05, 0.1) is 7.11 Å². The monoisotopic (exact) mass is 193 g/mol. The molecule has 0 heterocycles. The van der Waals surface area contributed by atoms with E-state index in [1.54, 1.807) is 0 Å². The predicted molar refractivity (Wildman–Crippen MR) is 47.1 cm³/mol. The summed E-state index contributed by atoms with van der Waals surface area (Å²) in [6, 6.07) is 4.47. The van der Waals surface area contributed by atoms with Gasteiger partial charge in [-0.1, -0.05) is 0 Å². The van der Waals surface area contributed by atoms with Crippen LogP contribution in [0.25, 0.3) is 0 Å². The van der Waals surface area contributed by atoms with E-state index in [2.05, 4.69) is 9.99 Å². The number of benzene rings is 1. The van der Waals surface area contributed by atoms with Crippen LogP contribution in [0.4, 0.5) is 0 Å². The summed E-state index contributed by atoms with van der Waals surface area (Å²) in [6.45, 7) is 0. The van der Waals surface area contributed by atoms with Crippen LogP contribution in [-0.2, 0) is 4.79 Å². The fraction of sp³-hybridized carbons (Fsp3) is 0.111. The minimum absolute atomic E-state index is 0.251. The Balaban J connectivity index is 3.04. The summed E-state index contributed by atoms with van der Waals surface area (Å²) < 4.78 is 4.91. The van der Waals surface area contributed by atoms with Gasteiger partial charge in [0.15, 0.2) is 5.75 Å². The molecule has 1 aromatic carbocycles. The van der Waals surface area contributed by atoms with Crippen molar-refractivity contribution in [1.82, 2.24) is 0 Å². The summed E-state index contributed by atoms with van der Waals surface area (Å²) in [7, 11) is 1.42. The van der Waals surface area contributed by atoms with Gasteiger partial charge in [-0.05, 0) is 18.2 Å². The molecular weight excluding hydrogens is 186 g/mol. The molecule has 0 atom stereocenters. The van der Waals surface area contributed by atoms with Crippen LogP contribution >= 0.6 is 0 Å². The Labute approximate surface area is 79.9 Å². The van der Waals surface area contributed by atoms with Gasteiger partial charge in [0.1, 0.15) is 6.29 Å². The number of nitrogens with zero attached hydrogens (tertiary/aromatic N) is 1. The van der Waals surface area contributed by atoms with E-state index < -0.39 is 0 Å². The van der Waals surface area contributed by atoms with Crippen molar-refractivity contribution in [3.05, 3.63) is 23.8 Å². The molecule has 0 saturated heterocycles. The molecule has 72 valence electrons. The summed E-state index contributed by atoms with van der Waals surface area (Å²) >= 11 is 0. The second-order valence-electron chi connectivity index (χ2n) is 2.30. The fourth-order valence-electron chi connectivity index (χ4n) is 0.901. The van der Waals surface area contributed by atoms with Crippen LogP contribution < -0.4 is 9.57 Å². The van der Waals surface area contributed by atoms with Crippen molar-refractivity contribution in [2.75, 3.05) is 7.11 Å². The van der Waals surface area contributed by atoms with Crippen molar-refractivity contribution >= 4 is 12.4 Å². The van der Waals surface area contributed by atoms with Crippen LogP contribution in [0.5, 0.6) is 11.5 Å². The molecule has 0 saturated carbocycles. The zero-order valence-electron chi connectivity index (χ0n) is 7.39. The Morgan fingerprint density at radius 3 is 2.79 bits per heavy atom. The summed E-state index contributed by atoms with van der Waals surface area (Å²) in [4.78, 5) is 24.8. The van der Waals surface area contributed by atoms with Crippen molar-refractivity contribution in [3.8, 4) is 11.5 Å². The maximum absolute atomic E-state index is 10.4. The average Bonchev–Trinajstić information content (AvgIpc) is 2.26. The highest BCUT2D eigenvalue weighted by atomic mass is 16.6. The molecule has 1 rings (SSSR count). The number of carbonyl (C=O) groups is 1. The molecule has 0 unspecified atom stereocenters. The topological polar surface area (TPSA) is 65.0 Å². The number of hydrogen-bond donors (Lipinski definition) is 0. The van der Waals surface area contributed by atoms with E-state index in [0.29, 0.717) is 17.6 Å². The second-order valence-corrected chi connectivity index (χ2v) is 2.30. The number of aldehydes is 1. The van der Waals surface area contributed by atoms with Crippen molar-refractivity contribution in [1.29, 1.82) is 0 Å². The summed E-state index contributed by atoms with van der Waals surface area (Å²) in [6.07, 6.45) is 1.90. The van der Waals surface area contributed by atoms with E-state index in [1.807, 2.05) is 0 Å². The Morgan fingerprint density at radius 1 is 1.43 bits per heavy atom. The third-order valence-corrected chi connectivity index (χ3v) is 1.51. The number of carbonyl (C=O) groups excluding carboxylic acids is 2. The smallest absolute Gasteiger partial charge is 0.277 e. The number of hydrogen-bond acceptors (Lipinski definition) is 5. The number of methoxy groups -OCH3 is 1. The van der Waals surface area contributed by atoms with E-state index in [4.69, 9.17) is 4.74 Å². The normalized spacial score (nSPS) is 8.64. The quantitative estimate of drug-likeness (QED) is 0.311. The second kappa shape index (κ2) is 4.79. The minimum Gasteiger partial charge on any atom is -0.493 e. The Kier molecular flexibility index (Phi) is 3.41. The van der Waals surface area contributed by atoms with Gasteiger partial charge >= 0.3 is 0 Å². The predicted octanol–water partition coefficient (Wildman–Crippen LogP) is 1.14. The lowest BCUT2D eigenvalue weighted by Gasteiger charge is -2.04. The van der Waals surface area contributed by atoms with Gasteiger partial charge < -0.3 is 9.57 Å². The van der Waals surface area contributed by atoms with Gasteiger partial charge in [-0.2, -0.15) is 0 Å². The van der Waals surface area contributed by atoms with Crippen LogP contribution in [0.1, 0.15) is 10.4 Å². The van der Waals surface area contributed by atoms with Gasteiger partial charge in [-0.15, -0.1) is 0 Å². The molecule has 0 N–H and O–H groups in total. The number of isocyanates is 1. The van der Waals surface area contributed by atoms with Crippen molar-refractivity contribution in [3.63, 3.8) is 0 Å². The first kappa shape index (κ1) is 9.95. The Bertz CT molecular complexity index is 382. The van der Waals surface area contributed by atoms with E-state index in [-0.39, 0.29) is 5.75 Å². The molecule has 0 aromatic heterocycles. The summed E-state index contributed by atoms with van der Waals surface area (Å²) in [5.74, 6) is 0.579. The largest absolute Gasteiger partial charge is 0.493 e. The van der Waals surface area contributed by atoms with Crippen molar-refractivity contribution < 1.29 is 19.2 Å². The third-order valence-electron chi connectivity index (χ3n) is 1.51. The molecule has 0 spiro atoms. The van der Waals surface area contributed by atoms with Crippen LogP contribution in [0.3, 0.4) is 0 Å².